The predicted molar refractivity (Wildman–Crippen MR) is 56.5 cm³/mol. The molecule has 0 aromatic heterocycles. The van der Waals surface area contributed by atoms with Crippen LogP contribution in [0, 0.1) is 6.92 Å². The molecule has 74 valence electrons. The van der Waals surface area contributed by atoms with E-state index in [1.165, 1.54) is 5.56 Å². The fourth-order valence-electron chi connectivity index (χ4n) is 0.919. The van der Waals surface area contributed by atoms with E-state index in [1.54, 1.807) is 0 Å². The molecule has 0 heterocycles. The Kier molecular flexibility index (Phi) is 6.20. The van der Waals surface area contributed by atoms with Crippen LogP contribution in [0.3, 0.4) is 0 Å². The molecule has 0 aliphatic rings. The molecule has 1 rings (SSSR count). The summed E-state index contributed by atoms with van der Waals surface area (Å²) in [6.45, 7) is 6.03. The first-order valence-corrected chi connectivity index (χ1v) is 4.67. The molecule has 13 heavy (non-hydrogen) atoms. The third-order valence-electron chi connectivity index (χ3n) is 1.70. The maximum absolute atomic E-state index is 8.73. The summed E-state index contributed by atoms with van der Waals surface area (Å²) in [5.74, 6) is 0. The molecule has 3 N–H and O–H groups in total. The quantitative estimate of drug-likeness (QED) is 0.733. The standard InChI is InChI=1S/C9H13NO.C2H6/c1-7-2-4-8(5-3-7)9(10)6-11;1-2/h2-5,9,11H,6,10H2,1H3;1-2H3. The second-order valence-electron chi connectivity index (χ2n) is 2.70. The summed E-state index contributed by atoms with van der Waals surface area (Å²) in [5, 5.41) is 8.73. The molecule has 1 aromatic rings. The Balaban J connectivity index is 0.000000671. The lowest BCUT2D eigenvalue weighted by molar-refractivity contribution is 0.268. The molecule has 1 aromatic carbocycles. The number of rotatable bonds is 2. The van der Waals surface area contributed by atoms with Crippen LogP contribution >= 0.6 is 0 Å². The number of nitrogens with two attached hydrogens (primary N) is 1. The zero-order valence-electron chi connectivity index (χ0n) is 8.62. The largest absolute Gasteiger partial charge is 0.394 e. The number of aliphatic hydroxyl groups is 1. The molecule has 0 aliphatic carbocycles. The normalized spacial score (nSPS) is 11.5. The lowest BCUT2D eigenvalue weighted by Gasteiger charge is -2.07. The molecular formula is C11H19NO. The monoisotopic (exact) mass is 181 g/mol. The van der Waals surface area contributed by atoms with Crippen LogP contribution in [0.2, 0.25) is 0 Å². The van der Waals surface area contributed by atoms with E-state index < -0.39 is 0 Å². The summed E-state index contributed by atoms with van der Waals surface area (Å²) in [6.07, 6.45) is 0. The van der Waals surface area contributed by atoms with E-state index in [4.69, 9.17) is 10.8 Å². The first kappa shape index (κ1) is 12.1. The average Bonchev–Trinajstić information content (AvgIpc) is 2.21. The number of aryl methyl sites for hydroxylation is 1. The molecule has 2 heteroatoms. The minimum Gasteiger partial charge on any atom is -0.394 e. The summed E-state index contributed by atoms with van der Waals surface area (Å²) in [6, 6.07) is 7.62. The van der Waals surface area contributed by atoms with Crippen molar-refractivity contribution in [3.05, 3.63) is 35.4 Å². The number of benzene rings is 1. The molecule has 0 spiro atoms. The topological polar surface area (TPSA) is 46.2 Å². The maximum Gasteiger partial charge on any atom is 0.0624 e. The van der Waals surface area contributed by atoms with E-state index in [0.717, 1.165) is 5.56 Å². The van der Waals surface area contributed by atoms with E-state index in [9.17, 15) is 0 Å². The van der Waals surface area contributed by atoms with Crippen LogP contribution in [0.4, 0.5) is 0 Å². The van der Waals surface area contributed by atoms with Crippen molar-refractivity contribution in [3.8, 4) is 0 Å². The van der Waals surface area contributed by atoms with Crippen LogP contribution in [0.25, 0.3) is 0 Å². The number of hydrogen-bond donors (Lipinski definition) is 2. The lowest BCUT2D eigenvalue weighted by atomic mass is 10.1. The molecule has 0 amide bonds. The van der Waals surface area contributed by atoms with E-state index >= 15 is 0 Å². The van der Waals surface area contributed by atoms with Crippen LogP contribution in [-0.4, -0.2) is 11.7 Å². The zero-order valence-corrected chi connectivity index (χ0v) is 8.62. The Hall–Kier alpha value is -0.860. The third-order valence-corrected chi connectivity index (χ3v) is 1.70. The summed E-state index contributed by atoms with van der Waals surface area (Å²) in [5.41, 5.74) is 7.79. The van der Waals surface area contributed by atoms with Gasteiger partial charge in [-0.05, 0) is 12.5 Å². The van der Waals surface area contributed by atoms with Crippen LogP contribution in [0.5, 0.6) is 0 Å². The number of aliphatic hydroxyl groups excluding tert-OH is 1. The highest BCUT2D eigenvalue weighted by atomic mass is 16.3. The van der Waals surface area contributed by atoms with Gasteiger partial charge < -0.3 is 10.8 Å². The minimum absolute atomic E-state index is 0.00304. The predicted octanol–water partition coefficient (Wildman–Crippen LogP) is 2.01. The van der Waals surface area contributed by atoms with E-state index in [0.29, 0.717) is 0 Å². The van der Waals surface area contributed by atoms with Gasteiger partial charge in [-0.2, -0.15) is 0 Å². The second kappa shape index (κ2) is 6.63. The highest BCUT2D eigenvalue weighted by molar-refractivity contribution is 5.23. The van der Waals surface area contributed by atoms with E-state index in [2.05, 4.69) is 0 Å². The van der Waals surface area contributed by atoms with E-state index in [-0.39, 0.29) is 12.6 Å². The van der Waals surface area contributed by atoms with Crippen LogP contribution in [0.15, 0.2) is 24.3 Å². The summed E-state index contributed by atoms with van der Waals surface area (Å²) in [7, 11) is 0. The third kappa shape index (κ3) is 4.06. The SMILES string of the molecule is CC.Cc1ccc(C(N)CO)cc1. The smallest absolute Gasteiger partial charge is 0.0624 e. The van der Waals surface area contributed by atoms with Gasteiger partial charge in [0, 0.05) is 0 Å². The Morgan fingerprint density at radius 1 is 1.23 bits per heavy atom. The Bertz CT molecular complexity index is 218. The second-order valence-corrected chi connectivity index (χ2v) is 2.70. The van der Waals surface area contributed by atoms with Gasteiger partial charge >= 0.3 is 0 Å². The summed E-state index contributed by atoms with van der Waals surface area (Å²) < 4.78 is 0. The molecular weight excluding hydrogens is 162 g/mol. The van der Waals surface area contributed by atoms with Gasteiger partial charge in [-0.15, -0.1) is 0 Å². The van der Waals surface area contributed by atoms with Gasteiger partial charge in [0.2, 0.25) is 0 Å². The van der Waals surface area contributed by atoms with Gasteiger partial charge in [0.15, 0.2) is 0 Å². The van der Waals surface area contributed by atoms with Crippen molar-refractivity contribution >= 4 is 0 Å². The van der Waals surface area contributed by atoms with Crippen LogP contribution < -0.4 is 5.73 Å². The zero-order chi connectivity index (χ0) is 10.3. The summed E-state index contributed by atoms with van der Waals surface area (Å²) in [4.78, 5) is 0. The molecule has 0 aliphatic heterocycles. The molecule has 0 radical (unpaired) electrons. The maximum atomic E-state index is 8.73. The summed E-state index contributed by atoms with van der Waals surface area (Å²) >= 11 is 0. The Morgan fingerprint density at radius 3 is 2.08 bits per heavy atom. The van der Waals surface area contributed by atoms with Crippen molar-refractivity contribution < 1.29 is 5.11 Å². The van der Waals surface area contributed by atoms with Gasteiger partial charge in [-0.1, -0.05) is 43.7 Å². The Morgan fingerprint density at radius 2 is 1.69 bits per heavy atom. The van der Waals surface area contributed by atoms with Crippen molar-refractivity contribution in [2.75, 3.05) is 6.61 Å². The molecule has 0 saturated carbocycles. The van der Waals surface area contributed by atoms with Crippen LogP contribution in [-0.2, 0) is 0 Å². The van der Waals surface area contributed by atoms with Gasteiger partial charge in [0.1, 0.15) is 0 Å². The number of hydrogen-bond acceptors (Lipinski definition) is 2. The Labute approximate surface area is 80.4 Å². The molecule has 0 fully saturated rings. The molecule has 0 bridgehead atoms. The molecule has 0 saturated heterocycles. The van der Waals surface area contributed by atoms with Gasteiger partial charge in [-0.3, -0.25) is 0 Å². The van der Waals surface area contributed by atoms with Crippen molar-refractivity contribution in [2.24, 2.45) is 5.73 Å². The van der Waals surface area contributed by atoms with Crippen molar-refractivity contribution in [1.82, 2.24) is 0 Å². The fourth-order valence-corrected chi connectivity index (χ4v) is 0.919. The highest BCUT2D eigenvalue weighted by Crippen LogP contribution is 2.09. The lowest BCUT2D eigenvalue weighted by Crippen LogP contribution is -2.14. The molecule has 1 atom stereocenters. The van der Waals surface area contributed by atoms with Crippen molar-refractivity contribution in [1.29, 1.82) is 0 Å². The fraction of sp³-hybridized carbons (Fsp3) is 0.455. The van der Waals surface area contributed by atoms with Crippen LogP contribution in [0.1, 0.15) is 31.0 Å². The van der Waals surface area contributed by atoms with Gasteiger partial charge in [-0.25, -0.2) is 0 Å². The van der Waals surface area contributed by atoms with E-state index in [1.807, 2.05) is 45.0 Å². The molecule has 1 unspecified atom stereocenters. The van der Waals surface area contributed by atoms with Crippen molar-refractivity contribution in [3.63, 3.8) is 0 Å². The van der Waals surface area contributed by atoms with Gasteiger partial charge in [0.25, 0.3) is 0 Å². The first-order chi connectivity index (χ1) is 6.24. The minimum atomic E-state index is -0.240. The van der Waals surface area contributed by atoms with Gasteiger partial charge in [0.05, 0.1) is 12.6 Å². The highest BCUT2D eigenvalue weighted by Gasteiger charge is 2.01. The first-order valence-electron chi connectivity index (χ1n) is 4.67. The molecule has 2 nitrogen and oxygen atoms in total. The average molecular weight is 181 g/mol. The van der Waals surface area contributed by atoms with Crippen molar-refractivity contribution in [2.45, 2.75) is 26.8 Å².